The molecule has 0 radical (unpaired) electrons. The summed E-state index contributed by atoms with van der Waals surface area (Å²) in [5.74, 6) is -1.96. The van der Waals surface area contributed by atoms with Gasteiger partial charge in [-0.25, -0.2) is 14.8 Å². The Morgan fingerprint density at radius 2 is 2.00 bits per heavy atom. The molecule has 2 N–H and O–H groups in total. The first kappa shape index (κ1) is 23.4. The van der Waals surface area contributed by atoms with Crippen molar-refractivity contribution in [3.8, 4) is 0 Å². The highest BCUT2D eigenvalue weighted by Crippen LogP contribution is 2.35. The Kier molecular flexibility index (Phi) is 6.96. The third-order valence-electron chi connectivity index (χ3n) is 5.08. The number of ether oxygens (including phenoxy) is 1. The summed E-state index contributed by atoms with van der Waals surface area (Å²) in [4.78, 5) is 31.7. The number of anilines is 1. The first-order valence-electron chi connectivity index (χ1n) is 9.78. The maximum atomic E-state index is 12.6. The average Bonchev–Trinajstić information content (AvgIpc) is 3.35. The van der Waals surface area contributed by atoms with Crippen LogP contribution in [0.1, 0.15) is 35.5 Å². The van der Waals surface area contributed by atoms with E-state index in [-0.39, 0.29) is 23.3 Å². The molecule has 0 saturated carbocycles. The SMILES string of the molecule is Cc1cc(C(=O)N2CC[C@@]3(C[C@H](Nc4ncccn4)CCO3)C2)on1.O=C(O)C(F)(F)F. The number of halogens is 3. The molecule has 32 heavy (non-hydrogen) atoms. The standard InChI is InChI=1S/C17H21N5O3.C2HF3O2/c1-12-9-14(25-21-12)15(23)22-7-4-17(11-22)10-13(3-8-24-17)20-16-18-5-2-6-19-16;3-2(4,5)1(6)7/h2,5-6,9,13H,3-4,7-8,10-11H2,1H3,(H,18,19,20);(H,6,7)/t13-,17-;/m1./s1. The second-order valence-electron chi connectivity index (χ2n) is 7.55. The van der Waals surface area contributed by atoms with E-state index in [1.165, 1.54) is 0 Å². The highest BCUT2D eigenvalue weighted by molar-refractivity contribution is 5.91. The van der Waals surface area contributed by atoms with Gasteiger partial charge in [-0.3, -0.25) is 4.79 Å². The summed E-state index contributed by atoms with van der Waals surface area (Å²) in [6, 6.07) is 3.70. The maximum Gasteiger partial charge on any atom is 0.490 e. The predicted molar refractivity (Wildman–Crippen MR) is 103 cm³/mol. The first-order chi connectivity index (χ1) is 15.1. The van der Waals surface area contributed by atoms with Crippen molar-refractivity contribution >= 4 is 17.8 Å². The van der Waals surface area contributed by atoms with Crippen molar-refractivity contribution in [1.29, 1.82) is 0 Å². The van der Waals surface area contributed by atoms with Crippen molar-refractivity contribution in [2.75, 3.05) is 25.0 Å². The van der Waals surface area contributed by atoms with Gasteiger partial charge in [0.25, 0.3) is 5.91 Å². The Labute approximate surface area is 180 Å². The number of hydrogen-bond donors (Lipinski definition) is 2. The number of aliphatic carboxylic acids is 1. The summed E-state index contributed by atoms with van der Waals surface area (Å²) in [7, 11) is 0. The summed E-state index contributed by atoms with van der Waals surface area (Å²) in [5.41, 5.74) is 0.397. The number of likely N-dealkylation sites (tertiary alicyclic amines) is 1. The number of carboxylic acid groups (broad SMARTS) is 1. The van der Waals surface area contributed by atoms with Gasteiger partial charge in [-0.15, -0.1) is 0 Å². The van der Waals surface area contributed by atoms with E-state index in [0.717, 1.165) is 19.3 Å². The van der Waals surface area contributed by atoms with E-state index in [4.69, 9.17) is 19.2 Å². The van der Waals surface area contributed by atoms with Crippen LogP contribution in [0.25, 0.3) is 0 Å². The number of carbonyl (C=O) groups excluding carboxylic acids is 1. The molecule has 2 atom stereocenters. The molecule has 2 fully saturated rings. The summed E-state index contributed by atoms with van der Waals surface area (Å²) in [6.07, 6.45) is 0.902. The lowest BCUT2D eigenvalue weighted by atomic mass is 9.89. The van der Waals surface area contributed by atoms with E-state index in [9.17, 15) is 18.0 Å². The summed E-state index contributed by atoms with van der Waals surface area (Å²) in [5, 5.41) is 14.3. The lowest BCUT2D eigenvalue weighted by Gasteiger charge is -2.38. The third-order valence-corrected chi connectivity index (χ3v) is 5.08. The fourth-order valence-corrected chi connectivity index (χ4v) is 3.63. The van der Waals surface area contributed by atoms with Crippen LogP contribution in [0.3, 0.4) is 0 Å². The van der Waals surface area contributed by atoms with E-state index in [0.29, 0.717) is 31.3 Å². The minimum atomic E-state index is -5.08. The largest absolute Gasteiger partial charge is 0.490 e. The molecule has 1 amide bonds. The molecule has 0 unspecified atom stereocenters. The van der Waals surface area contributed by atoms with Gasteiger partial charge in [0.2, 0.25) is 11.7 Å². The van der Waals surface area contributed by atoms with Crippen LogP contribution in [0, 0.1) is 6.92 Å². The Hall–Kier alpha value is -3.22. The quantitative estimate of drug-likeness (QED) is 0.713. The van der Waals surface area contributed by atoms with Gasteiger partial charge in [0, 0.05) is 37.7 Å². The number of hydrogen-bond acceptors (Lipinski definition) is 8. The van der Waals surface area contributed by atoms with Crippen LogP contribution in [0.4, 0.5) is 19.1 Å². The van der Waals surface area contributed by atoms with Crippen LogP contribution in [0.2, 0.25) is 0 Å². The Morgan fingerprint density at radius 3 is 2.59 bits per heavy atom. The molecule has 2 aromatic heterocycles. The smallest absolute Gasteiger partial charge is 0.475 e. The number of carboxylic acids is 1. The second kappa shape index (κ2) is 9.51. The van der Waals surface area contributed by atoms with Gasteiger partial charge in [-0.2, -0.15) is 13.2 Å². The van der Waals surface area contributed by atoms with E-state index in [1.54, 1.807) is 36.4 Å². The second-order valence-corrected chi connectivity index (χ2v) is 7.55. The van der Waals surface area contributed by atoms with E-state index in [2.05, 4.69) is 20.4 Å². The minimum absolute atomic E-state index is 0.123. The molecule has 4 rings (SSSR count). The van der Waals surface area contributed by atoms with Crippen molar-refractivity contribution < 1.29 is 37.1 Å². The topological polar surface area (TPSA) is 131 Å². The van der Waals surface area contributed by atoms with Crippen LogP contribution in [0.5, 0.6) is 0 Å². The zero-order valence-electron chi connectivity index (χ0n) is 17.1. The van der Waals surface area contributed by atoms with Crippen LogP contribution < -0.4 is 5.32 Å². The van der Waals surface area contributed by atoms with Crippen molar-refractivity contribution in [2.24, 2.45) is 0 Å². The molecule has 2 saturated heterocycles. The third kappa shape index (κ3) is 5.93. The lowest BCUT2D eigenvalue weighted by molar-refractivity contribution is -0.192. The number of amides is 1. The first-order valence-corrected chi connectivity index (χ1v) is 9.78. The van der Waals surface area contributed by atoms with Gasteiger partial charge < -0.3 is 24.6 Å². The fraction of sp³-hybridized carbons (Fsp3) is 0.526. The van der Waals surface area contributed by atoms with Gasteiger partial charge in [-0.05, 0) is 32.3 Å². The number of rotatable bonds is 3. The molecule has 2 aliphatic heterocycles. The monoisotopic (exact) mass is 457 g/mol. The molecule has 2 aromatic rings. The van der Waals surface area contributed by atoms with Crippen molar-refractivity contribution in [1.82, 2.24) is 20.0 Å². The van der Waals surface area contributed by atoms with E-state index >= 15 is 0 Å². The number of aromatic nitrogens is 3. The highest BCUT2D eigenvalue weighted by Gasteiger charge is 2.45. The molecule has 2 aliphatic rings. The van der Waals surface area contributed by atoms with Crippen molar-refractivity contribution in [3.63, 3.8) is 0 Å². The molecule has 13 heteroatoms. The predicted octanol–water partition coefficient (Wildman–Crippen LogP) is 2.28. The van der Waals surface area contributed by atoms with E-state index < -0.39 is 12.1 Å². The van der Waals surface area contributed by atoms with E-state index in [1.807, 2.05) is 0 Å². The molecule has 1 spiro atoms. The van der Waals surface area contributed by atoms with Gasteiger partial charge in [0.05, 0.1) is 17.8 Å². The van der Waals surface area contributed by atoms with Gasteiger partial charge in [0.1, 0.15) is 0 Å². The van der Waals surface area contributed by atoms with Crippen LogP contribution in [-0.4, -0.2) is 74.5 Å². The molecule has 4 heterocycles. The average molecular weight is 457 g/mol. The molecular weight excluding hydrogens is 435 g/mol. The van der Waals surface area contributed by atoms with Gasteiger partial charge >= 0.3 is 12.1 Å². The van der Waals surface area contributed by atoms with Crippen LogP contribution in [0.15, 0.2) is 29.0 Å². The minimum Gasteiger partial charge on any atom is -0.475 e. The number of alkyl halides is 3. The lowest BCUT2D eigenvalue weighted by Crippen LogP contribution is -2.47. The number of nitrogens with one attached hydrogen (secondary N) is 1. The fourth-order valence-electron chi connectivity index (χ4n) is 3.63. The van der Waals surface area contributed by atoms with Crippen LogP contribution in [-0.2, 0) is 9.53 Å². The highest BCUT2D eigenvalue weighted by atomic mass is 19.4. The zero-order valence-corrected chi connectivity index (χ0v) is 17.1. The Bertz CT molecular complexity index is 939. The van der Waals surface area contributed by atoms with Crippen molar-refractivity contribution in [3.05, 3.63) is 36.0 Å². The maximum absolute atomic E-state index is 12.6. The summed E-state index contributed by atoms with van der Waals surface area (Å²) >= 11 is 0. The molecule has 10 nitrogen and oxygen atoms in total. The van der Waals surface area contributed by atoms with Crippen LogP contribution >= 0.6 is 0 Å². The molecule has 0 aromatic carbocycles. The van der Waals surface area contributed by atoms with Crippen molar-refractivity contribution in [2.45, 2.75) is 44.0 Å². The molecule has 0 aliphatic carbocycles. The molecular formula is C19H22F3N5O5. The summed E-state index contributed by atoms with van der Waals surface area (Å²) < 4.78 is 42.9. The molecule has 174 valence electrons. The zero-order chi connectivity index (χ0) is 23.4. The Morgan fingerprint density at radius 1 is 1.31 bits per heavy atom. The number of carbonyl (C=O) groups is 2. The normalized spacial score (nSPS) is 22.9. The summed E-state index contributed by atoms with van der Waals surface area (Å²) in [6.45, 7) is 3.69. The van der Waals surface area contributed by atoms with Gasteiger partial charge in [-0.1, -0.05) is 5.16 Å². The number of aryl methyl sites for hydroxylation is 1. The number of nitrogens with zero attached hydrogens (tertiary/aromatic N) is 4. The Balaban J connectivity index is 0.000000360. The van der Waals surface area contributed by atoms with Gasteiger partial charge in [0.15, 0.2) is 0 Å². The molecule has 0 bridgehead atoms.